The molecule has 2 bridgehead atoms. The van der Waals surface area contributed by atoms with Crippen LogP contribution in [0.4, 0.5) is 0 Å². The number of fused-ring (bicyclic) bond motifs is 2. The van der Waals surface area contributed by atoms with Gasteiger partial charge in [-0.2, -0.15) is 0 Å². The van der Waals surface area contributed by atoms with Gasteiger partial charge in [0.2, 0.25) is 5.91 Å². The molecule has 3 N–H and O–H groups in total. The van der Waals surface area contributed by atoms with Gasteiger partial charge in [-0.15, -0.1) is 12.4 Å². The van der Waals surface area contributed by atoms with Crippen LogP contribution in [0, 0.1) is 11.8 Å². The fourth-order valence-corrected chi connectivity index (χ4v) is 4.43. The second-order valence-corrected chi connectivity index (χ2v) is 7.43. The van der Waals surface area contributed by atoms with Gasteiger partial charge < -0.3 is 15.8 Å². The molecule has 144 valence electrons. The Morgan fingerprint density at radius 1 is 1.12 bits per heavy atom. The third kappa shape index (κ3) is 4.98. The van der Waals surface area contributed by atoms with Crippen LogP contribution in [0.15, 0.2) is 24.3 Å². The number of carbonyl (C=O) groups is 2. The molecule has 3 rings (SSSR count). The molecule has 2 aliphatic rings. The summed E-state index contributed by atoms with van der Waals surface area (Å²) in [5.41, 5.74) is 6.75. The summed E-state index contributed by atoms with van der Waals surface area (Å²) in [6.45, 7) is 0. The molecule has 1 aromatic rings. The number of hydrogen-bond acceptors (Lipinski definition) is 4. The number of halogens is 1. The number of ketones is 1. The number of ether oxygens (including phenoxy) is 1. The van der Waals surface area contributed by atoms with E-state index in [0.29, 0.717) is 17.4 Å². The minimum absolute atomic E-state index is 0. The quantitative estimate of drug-likeness (QED) is 0.743. The molecule has 0 saturated heterocycles. The second kappa shape index (κ2) is 9.38. The van der Waals surface area contributed by atoms with E-state index in [1.54, 1.807) is 31.4 Å². The van der Waals surface area contributed by atoms with Crippen LogP contribution in [0.3, 0.4) is 0 Å². The van der Waals surface area contributed by atoms with Crippen LogP contribution in [0.2, 0.25) is 0 Å². The van der Waals surface area contributed by atoms with Crippen molar-refractivity contribution in [3.63, 3.8) is 0 Å². The zero-order valence-electron chi connectivity index (χ0n) is 15.3. The van der Waals surface area contributed by atoms with E-state index in [1.165, 1.54) is 6.42 Å². The molecular formula is C20H29ClN2O3. The lowest BCUT2D eigenvalue weighted by atomic mass is 9.67. The number of carbonyl (C=O) groups excluding carboxylic acids is 2. The topological polar surface area (TPSA) is 81.4 Å². The van der Waals surface area contributed by atoms with Crippen molar-refractivity contribution in [1.29, 1.82) is 0 Å². The number of methoxy groups -OCH3 is 1. The largest absolute Gasteiger partial charge is 0.497 e. The first-order chi connectivity index (χ1) is 12.1. The standard InChI is InChI=1S/C20H28N2O3.ClH/c1-25-17-7-5-13(6-8-17)18(23)9-10-19(24)22-20-14-3-2-4-15(20)12-16(21)11-14;/h5-8,14-16,20H,2-4,9-12,21H2,1H3,(H,22,24);1H. The Hall–Kier alpha value is -1.59. The maximum atomic E-state index is 12.3. The Kier molecular flexibility index (Phi) is 7.47. The van der Waals surface area contributed by atoms with Crippen LogP contribution in [-0.4, -0.2) is 30.9 Å². The summed E-state index contributed by atoms with van der Waals surface area (Å²) in [5, 5.41) is 3.20. The molecule has 2 fully saturated rings. The van der Waals surface area contributed by atoms with Gasteiger partial charge in [-0.3, -0.25) is 9.59 Å². The highest BCUT2D eigenvalue weighted by Crippen LogP contribution is 2.39. The van der Waals surface area contributed by atoms with Crippen LogP contribution >= 0.6 is 12.4 Å². The van der Waals surface area contributed by atoms with Crippen molar-refractivity contribution in [2.24, 2.45) is 17.6 Å². The highest BCUT2D eigenvalue weighted by molar-refractivity contribution is 5.98. The Labute approximate surface area is 161 Å². The molecule has 0 radical (unpaired) electrons. The monoisotopic (exact) mass is 380 g/mol. The van der Waals surface area contributed by atoms with Gasteiger partial charge in [-0.1, -0.05) is 6.42 Å². The van der Waals surface area contributed by atoms with Gasteiger partial charge in [0.05, 0.1) is 7.11 Å². The smallest absolute Gasteiger partial charge is 0.220 e. The number of Topliss-reactive ketones (excluding diaryl/α,β-unsaturated/α-hetero) is 1. The normalized spacial score (nSPS) is 27.2. The molecule has 2 unspecified atom stereocenters. The van der Waals surface area contributed by atoms with Gasteiger partial charge in [0, 0.05) is 30.5 Å². The molecule has 5 nitrogen and oxygen atoms in total. The van der Waals surface area contributed by atoms with E-state index in [0.717, 1.165) is 31.4 Å². The molecule has 0 spiro atoms. The Morgan fingerprint density at radius 2 is 1.73 bits per heavy atom. The van der Waals surface area contributed by atoms with Gasteiger partial charge in [0.1, 0.15) is 5.75 Å². The Bertz CT molecular complexity index is 606. The van der Waals surface area contributed by atoms with Gasteiger partial charge in [0.15, 0.2) is 5.78 Å². The van der Waals surface area contributed by atoms with Crippen molar-refractivity contribution in [2.75, 3.05) is 7.11 Å². The van der Waals surface area contributed by atoms with E-state index in [-0.39, 0.29) is 49.0 Å². The predicted octanol–water partition coefficient (Wildman–Crippen LogP) is 3.10. The molecule has 26 heavy (non-hydrogen) atoms. The van der Waals surface area contributed by atoms with E-state index in [1.807, 2.05) is 0 Å². The minimum Gasteiger partial charge on any atom is -0.497 e. The highest BCUT2D eigenvalue weighted by Gasteiger charge is 2.39. The summed E-state index contributed by atoms with van der Waals surface area (Å²) in [4.78, 5) is 24.6. The van der Waals surface area contributed by atoms with Crippen molar-refractivity contribution in [3.8, 4) is 5.75 Å². The molecule has 2 atom stereocenters. The van der Waals surface area contributed by atoms with Crippen LogP contribution in [0.1, 0.15) is 55.3 Å². The summed E-state index contributed by atoms with van der Waals surface area (Å²) in [6.07, 6.45) is 6.04. The van der Waals surface area contributed by atoms with Crippen molar-refractivity contribution in [3.05, 3.63) is 29.8 Å². The zero-order chi connectivity index (χ0) is 17.8. The van der Waals surface area contributed by atoms with E-state index >= 15 is 0 Å². The molecule has 1 aromatic carbocycles. The Morgan fingerprint density at radius 3 is 2.31 bits per heavy atom. The number of benzene rings is 1. The lowest BCUT2D eigenvalue weighted by Crippen LogP contribution is -2.53. The van der Waals surface area contributed by atoms with Gasteiger partial charge in [0.25, 0.3) is 0 Å². The second-order valence-electron chi connectivity index (χ2n) is 7.43. The summed E-state index contributed by atoms with van der Waals surface area (Å²) in [7, 11) is 1.59. The van der Waals surface area contributed by atoms with E-state index in [2.05, 4.69) is 5.32 Å². The first-order valence-electron chi connectivity index (χ1n) is 9.29. The number of amides is 1. The van der Waals surface area contributed by atoms with E-state index in [4.69, 9.17) is 10.5 Å². The summed E-state index contributed by atoms with van der Waals surface area (Å²) in [6, 6.07) is 7.54. The molecular weight excluding hydrogens is 352 g/mol. The third-order valence-electron chi connectivity index (χ3n) is 5.70. The van der Waals surface area contributed by atoms with Gasteiger partial charge >= 0.3 is 0 Å². The summed E-state index contributed by atoms with van der Waals surface area (Å²) < 4.78 is 5.09. The average Bonchev–Trinajstić information content (AvgIpc) is 2.60. The summed E-state index contributed by atoms with van der Waals surface area (Å²) in [5.74, 6) is 1.70. The molecule has 0 aliphatic heterocycles. The van der Waals surface area contributed by atoms with Crippen LogP contribution in [-0.2, 0) is 4.79 Å². The average molecular weight is 381 g/mol. The Balaban J connectivity index is 0.00000243. The van der Waals surface area contributed by atoms with E-state index in [9.17, 15) is 9.59 Å². The zero-order valence-corrected chi connectivity index (χ0v) is 16.1. The van der Waals surface area contributed by atoms with Crippen LogP contribution < -0.4 is 15.8 Å². The lowest BCUT2D eigenvalue weighted by Gasteiger charge is -2.45. The molecule has 0 aromatic heterocycles. The fourth-order valence-electron chi connectivity index (χ4n) is 4.43. The van der Waals surface area contributed by atoms with Crippen LogP contribution in [0.25, 0.3) is 0 Å². The molecule has 6 heteroatoms. The molecule has 2 saturated carbocycles. The number of rotatable bonds is 6. The molecule has 1 amide bonds. The summed E-state index contributed by atoms with van der Waals surface area (Å²) >= 11 is 0. The number of hydrogen-bond donors (Lipinski definition) is 2. The van der Waals surface area contributed by atoms with Gasteiger partial charge in [-0.25, -0.2) is 0 Å². The van der Waals surface area contributed by atoms with Crippen molar-refractivity contribution in [2.45, 2.75) is 57.0 Å². The third-order valence-corrected chi connectivity index (χ3v) is 5.70. The van der Waals surface area contributed by atoms with Crippen molar-refractivity contribution in [1.82, 2.24) is 5.32 Å². The maximum Gasteiger partial charge on any atom is 0.220 e. The lowest BCUT2D eigenvalue weighted by molar-refractivity contribution is -0.123. The first-order valence-corrected chi connectivity index (χ1v) is 9.29. The van der Waals surface area contributed by atoms with Crippen molar-refractivity contribution >= 4 is 24.1 Å². The minimum atomic E-state index is -0.0146. The molecule has 2 aliphatic carbocycles. The molecule has 0 heterocycles. The van der Waals surface area contributed by atoms with Gasteiger partial charge in [-0.05, 0) is 61.8 Å². The van der Waals surface area contributed by atoms with E-state index < -0.39 is 0 Å². The van der Waals surface area contributed by atoms with Crippen molar-refractivity contribution < 1.29 is 14.3 Å². The SMILES string of the molecule is COc1ccc(C(=O)CCC(=O)NC2C3CCCC2CC(N)C3)cc1.Cl. The van der Waals surface area contributed by atoms with Crippen LogP contribution in [0.5, 0.6) is 5.75 Å². The fraction of sp³-hybridized carbons (Fsp3) is 0.600. The number of nitrogens with one attached hydrogen (secondary N) is 1. The predicted molar refractivity (Wildman–Crippen MR) is 104 cm³/mol. The number of nitrogens with two attached hydrogens (primary N) is 1. The highest BCUT2D eigenvalue weighted by atomic mass is 35.5. The first kappa shape index (κ1) is 20.7. The maximum absolute atomic E-state index is 12.3.